The molecular formula is C9H15NO5. The average molecular weight is 217 g/mol. The summed E-state index contributed by atoms with van der Waals surface area (Å²) in [5.74, 6) is -0.297. The van der Waals surface area contributed by atoms with Gasteiger partial charge in [-0.05, 0) is 6.92 Å². The summed E-state index contributed by atoms with van der Waals surface area (Å²) in [7, 11) is 0. The number of hydrogen-bond acceptors (Lipinski definition) is 5. The molecule has 0 spiro atoms. The van der Waals surface area contributed by atoms with Crippen LogP contribution in [0.25, 0.3) is 0 Å². The number of aliphatic hydroxyl groups is 2. The molecule has 2 unspecified atom stereocenters. The lowest BCUT2D eigenvalue weighted by atomic mass is 9.89. The summed E-state index contributed by atoms with van der Waals surface area (Å²) in [6.07, 6.45) is -2.81. The van der Waals surface area contributed by atoms with Crippen LogP contribution < -0.4 is 5.32 Å². The molecule has 6 nitrogen and oxygen atoms in total. The van der Waals surface area contributed by atoms with Gasteiger partial charge in [-0.15, -0.1) is 0 Å². The standard InChI is InChI=1S/C9H15NO5/c1-4(11)10-5-6(12)7(13)9(2)3-14-8(5)15-9/h5-8,12-13H,3H2,1-2H3,(H,10,11)/t5-,6?,7?,8-,9-/m0/s1. The van der Waals surface area contributed by atoms with Gasteiger partial charge in [0.25, 0.3) is 0 Å². The SMILES string of the molecule is CC(=O)N[C@H]1C(O)C(O)[C@]2(C)CO[C@H]1O2. The first-order valence-electron chi connectivity index (χ1n) is 4.87. The molecule has 1 amide bonds. The minimum atomic E-state index is -1.07. The van der Waals surface area contributed by atoms with Crippen LogP contribution in [0.5, 0.6) is 0 Å². The van der Waals surface area contributed by atoms with Gasteiger partial charge in [0.1, 0.15) is 23.9 Å². The van der Waals surface area contributed by atoms with Crippen molar-refractivity contribution in [1.82, 2.24) is 5.32 Å². The first kappa shape index (κ1) is 10.8. The van der Waals surface area contributed by atoms with Crippen LogP contribution in [-0.2, 0) is 14.3 Å². The molecule has 2 fully saturated rings. The van der Waals surface area contributed by atoms with Crippen LogP contribution in [0.4, 0.5) is 0 Å². The molecule has 0 aromatic heterocycles. The zero-order valence-corrected chi connectivity index (χ0v) is 8.64. The summed E-state index contributed by atoms with van der Waals surface area (Å²) < 4.78 is 10.7. The van der Waals surface area contributed by atoms with E-state index in [0.717, 1.165) is 0 Å². The molecule has 0 aromatic carbocycles. The highest BCUT2D eigenvalue weighted by atomic mass is 16.7. The van der Waals surface area contributed by atoms with Gasteiger partial charge in [0, 0.05) is 6.92 Å². The zero-order valence-electron chi connectivity index (χ0n) is 8.64. The van der Waals surface area contributed by atoms with Gasteiger partial charge < -0.3 is 25.0 Å². The van der Waals surface area contributed by atoms with Gasteiger partial charge in [0.2, 0.25) is 5.91 Å². The number of carbonyl (C=O) groups excluding carboxylic acids is 1. The van der Waals surface area contributed by atoms with E-state index in [1.54, 1.807) is 6.92 Å². The Hall–Kier alpha value is -0.690. The van der Waals surface area contributed by atoms with Gasteiger partial charge in [0.15, 0.2) is 6.29 Å². The Bertz CT molecular complexity index is 284. The molecule has 2 saturated heterocycles. The van der Waals surface area contributed by atoms with Gasteiger partial charge in [-0.2, -0.15) is 0 Å². The maximum absolute atomic E-state index is 10.9. The Morgan fingerprint density at radius 3 is 2.80 bits per heavy atom. The third-order valence-electron chi connectivity index (χ3n) is 2.90. The van der Waals surface area contributed by atoms with E-state index < -0.39 is 30.1 Å². The Labute approximate surface area is 87.2 Å². The lowest BCUT2D eigenvalue weighted by molar-refractivity contribution is -0.218. The third kappa shape index (κ3) is 1.63. The van der Waals surface area contributed by atoms with Crippen LogP contribution >= 0.6 is 0 Å². The van der Waals surface area contributed by atoms with Crippen LogP contribution in [0.3, 0.4) is 0 Å². The molecule has 0 radical (unpaired) electrons. The highest BCUT2D eigenvalue weighted by Crippen LogP contribution is 2.36. The van der Waals surface area contributed by atoms with Crippen LogP contribution in [-0.4, -0.2) is 52.9 Å². The number of ether oxygens (including phenoxy) is 2. The number of aliphatic hydroxyl groups excluding tert-OH is 2. The van der Waals surface area contributed by atoms with E-state index in [1.807, 2.05) is 0 Å². The molecule has 15 heavy (non-hydrogen) atoms. The molecule has 0 aliphatic carbocycles. The number of fused-ring (bicyclic) bond motifs is 2. The largest absolute Gasteiger partial charge is 0.388 e. The van der Waals surface area contributed by atoms with Crippen molar-refractivity contribution in [1.29, 1.82) is 0 Å². The van der Waals surface area contributed by atoms with Crippen molar-refractivity contribution in [3.8, 4) is 0 Å². The van der Waals surface area contributed by atoms with E-state index in [1.165, 1.54) is 6.92 Å². The van der Waals surface area contributed by atoms with E-state index in [0.29, 0.717) is 0 Å². The number of nitrogens with one attached hydrogen (secondary N) is 1. The van der Waals surface area contributed by atoms with E-state index in [9.17, 15) is 15.0 Å². The highest BCUT2D eigenvalue weighted by Gasteiger charge is 2.56. The maximum atomic E-state index is 10.9. The lowest BCUT2D eigenvalue weighted by Gasteiger charge is -2.40. The number of amides is 1. The minimum Gasteiger partial charge on any atom is -0.388 e. The number of hydrogen-bond donors (Lipinski definition) is 3. The molecule has 2 aliphatic heterocycles. The molecule has 2 aliphatic rings. The van der Waals surface area contributed by atoms with Crippen LogP contribution in [0, 0.1) is 0 Å². The van der Waals surface area contributed by atoms with Crippen molar-refractivity contribution >= 4 is 5.91 Å². The molecule has 5 atom stereocenters. The molecule has 2 rings (SSSR count). The zero-order chi connectivity index (χ0) is 11.2. The van der Waals surface area contributed by atoms with Crippen LogP contribution in [0.2, 0.25) is 0 Å². The van der Waals surface area contributed by atoms with Gasteiger partial charge >= 0.3 is 0 Å². The molecule has 0 saturated carbocycles. The number of rotatable bonds is 1. The summed E-state index contributed by atoms with van der Waals surface area (Å²) >= 11 is 0. The normalized spacial score (nSPS) is 49.1. The molecule has 86 valence electrons. The molecular weight excluding hydrogens is 202 g/mol. The fraction of sp³-hybridized carbons (Fsp3) is 0.889. The number of carbonyl (C=O) groups is 1. The molecule has 2 heterocycles. The van der Waals surface area contributed by atoms with Gasteiger partial charge in [0.05, 0.1) is 6.61 Å². The van der Waals surface area contributed by atoms with Gasteiger partial charge in [-0.3, -0.25) is 4.79 Å². The van der Waals surface area contributed by atoms with E-state index >= 15 is 0 Å². The fourth-order valence-electron chi connectivity index (χ4n) is 2.02. The van der Waals surface area contributed by atoms with Crippen molar-refractivity contribution in [3.05, 3.63) is 0 Å². The quantitative estimate of drug-likeness (QED) is 0.490. The Morgan fingerprint density at radius 2 is 2.20 bits per heavy atom. The Kier molecular flexibility index (Phi) is 2.46. The summed E-state index contributed by atoms with van der Waals surface area (Å²) in [5.41, 5.74) is -0.876. The second-order valence-electron chi connectivity index (χ2n) is 4.27. The predicted molar refractivity (Wildman–Crippen MR) is 48.8 cm³/mol. The molecule has 2 bridgehead atoms. The van der Waals surface area contributed by atoms with Crippen molar-refractivity contribution in [2.75, 3.05) is 6.61 Å². The smallest absolute Gasteiger partial charge is 0.217 e. The van der Waals surface area contributed by atoms with Gasteiger partial charge in [-0.25, -0.2) is 0 Å². The van der Waals surface area contributed by atoms with Crippen molar-refractivity contribution in [3.63, 3.8) is 0 Å². The fourth-order valence-corrected chi connectivity index (χ4v) is 2.02. The van der Waals surface area contributed by atoms with E-state index in [-0.39, 0.29) is 12.5 Å². The molecule has 6 heteroatoms. The predicted octanol–water partition coefficient (Wildman–Crippen LogP) is -1.64. The van der Waals surface area contributed by atoms with E-state index in [2.05, 4.69) is 5.32 Å². The summed E-state index contributed by atoms with van der Waals surface area (Å²) in [6.45, 7) is 3.22. The van der Waals surface area contributed by atoms with E-state index in [4.69, 9.17) is 9.47 Å². The average Bonchev–Trinajstić information content (AvgIpc) is 2.52. The first-order chi connectivity index (χ1) is 6.94. The second kappa shape index (κ2) is 3.41. The van der Waals surface area contributed by atoms with Crippen molar-refractivity contribution < 1.29 is 24.5 Å². The summed E-state index contributed by atoms with van der Waals surface area (Å²) in [5, 5.41) is 22.1. The van der Waals surface area contributed by atoms with Crippen LogP contribution in [0.1, 0.15) is 13.8 Å². The minimum absolute atomic E-state index is 0.214. The Balaban J connectivity index is 2.17. The topological polar surface area (TPSA) is 88.0 Å². The Morgan fingerprint density at radius 1 is 1.53 bits per heavy atom. The lowest BCUT2D eigenvalue weighted by Crippen LogP contribution is -2.64. The molecule has 3 N–H and O–H groups in total. The third-order valence-corrected chi connectivity index (χ3v) is 2.90. The summed E-state index contributed by atoms with van der Waals surface area (Å²) in [4.78, 5) is 10.9. The first-order valence-corrected chi connectivity index (χ1v) is 4.87. The highest BCUT2D eigenvalue weighted by molar-refractivity contribution is 5.73. The van der Waals surface area contributed by atoms with Crippen molar-refractivity contribution in [2.24, 2.45) is 0 Å². The summed E-state index contributed by atoms with van der Waals surface area (Å²) in [6, 6.07) is -0.715. The monoisotopic (exact) mass is 217 g/mol. The second-order valence-corrected chi connectivity index (χ2v) is 4.27. The molecule has 0 aromatic rings. The van der Waals surface area contributed by atoms with Crippen molar-refractivity contribution in [2.45, 2.75) is 44.0 Å². The van der Waals surface area contributed by atoms with Gasteiger partial charge in [-0.1, -0.05) is 0 Å². The van der Waals surface area contributed by atoms with Crippen LogP contribution in [0.15, 0.2) is 0 Å². The maximum Gasteiger partial charge on any atom is 0.217 e.